The summed E-state index contributed by atoms with van der Waals surface area (Å²) in [5.41, 5.74) is 16.5. The van der Waals surface area contributed by atoms with Gasteiger partial charge >= 0.3 is 355 Å². The van der Waals surface area contributed by atoms with Crippen LogP contribution < -0.4 is 0 Å². The Morgan fingerprint density at radius 1 is 0.518 bits per heavy atom. The number of hydrogen-bond acceptors (Lipinski definition) is 0. The van der Waals surface area contributed by atoms with Crippen molar-refractivity contribution in [1.82, 2.24) is 0 Å². The van der Waals surface area contributed by atoms with E-state index in [9.17, 15) is 0 Å². The Hall–Kier alpha value is -1.63. The van der Waals surface area contributed by atoms with Crippen molar-refractivity contribution in [2.24, 2.45) is 0 Å². The van der Waals surface area contributed by atoms with E-state index in [2.05, 4.69) is 166 Å². The number of fused-ring (bicyclic) bond motifs is 2. The van der Waals surface area contributed by atoms with Crippen LogP contribution in [0.2, 0.25) is 10.5 Å². The summed E-state index contributed by atoms with van der Waals surface area (Å²) in [5, 5.41) is 2.61. The SMILES string of the molecule is CCCCC[CH2][GeH]([CH2]CCCCC)[Zr]([Cl])([Cl])([CH]1C(C)=Cc2c(-c3ccc(C(C)(C)C)cc3)cccc21)[CH]1C(C)=Cc2c(-c3ccc(C(C)(C)C)cc3)cccc21. The fourth-order valence-corrected chi connectivity index (χ4v) is 90.8. The quantitative estimate of drug-likeness (QED) is 0.0823. The standard InChI is InChI=1S/2C20H21.C12H27Ge.2ClH.Zr/c2*1-14-12-16-6-5-7-18(19(16)13-14)15-8-10-17(11-9-15)20(2,3)4;1-3-5-7-9-11-13-12-10-8-6-4-2;;;/h2*5-13H,1-4H3;13H,3-12H2,1-2H3;2*1H;/q;;;;;+2/p-2. The zero-order chi connectivity index (χ0) is 40.5. The van der Waals surface area contributed by atoms with Crippen LogP contribution in [-0.2, 0) is 24.7 Å². The molecular weight excluding hydrogens is 859 g/mol. The minimum atomic E-state index is -4.97. The van der Waals surface area contributed by atoms with Crippen LogP contribution in [0.4, 0.5) is 0 Å². The van der Waals surface area contributed by atoms with Crippen molar-refractivity contribution in [2.75, 3.05) is 0 Å². The zero-order valence-electron chi connectivity index (χ0n) is 36.3. The molecule has 0 aromatic heterocycles. The molecule has 4 aromatic carbocycles. The molecule has 0 N–H and O–H groups in total. The summed E-state index contributed by atoms with van der Waals surface area (Å²) in [6, 6.07) is 32.7. The van der Waals surface area contributed by atoms with Gasteiger partial charge in [-0.15, -0.1) is 0 Å². The van der Waals surface area contributed by atoms with E-state index >= 15 is 0 Å². The average Bonchev–Trinajstić information content (AvgIpc) is 3.70. The molecule has 0 amide bonds. The summed E-state index contributed by atoms with van der Waals surface area (Å²) in [5.74, 6) is 0. The number of unbranched alkanes of at least 4 members (excludes halogenated alkanes) is 6. The van der Waals surface area contributed by atoms with Gasteiger partial charge in [-0.3, -0.25) is 0 Å². The molecule has 0 nitrogen and oxygen atoms in total. The second-order valence-electron chi connectivity index (χ2n) is 19.5. The Kier molecular flexibility index (Phi) is 13.8. The van der Waals surface area contributed by atoms with Gasteiger partial charge < -0.3 is 0 Å². The van der Waals surface area contributed by atoms with Crippen molar-refractivity contribution in [3.05, 3.63) is 129 Å². The van der Waals surface area contributed by atoms with Crippen molar-refractivity contribution in [2.45, 2.75) is 149 Å². The molecule has 4 heteroatoms. The Bertz CT molecular complexity index is 1910. The van der Waals surface area contributed by atoms with E-state index in [4.69, 9.17) is 17.0 Å². The summed E-state index contributed by atoms with van der Waals surface area (Å²) in [7, 11) is 15.9. The topological polar surface area (TPSA) is 0 Å². The molecule has 0 saturated carbocycles. The predicted octanol–water partition coefficient (Wildman–Crippen LogP) is 17.1. The first-order valence-corrected chi connectivity index (χ1v) is 43.1. The van der Waals surface area contributed by atoms with Gasteiger partial charge in [0, 0.05) is 0 Å². The predicted molar refractivity (Wildman–Crippen MR) is 251 cm³/mol. The van der Waals surface area contributed by atoms with Crippen LogP contribution in [0.1, 0.15) is 161 Å². The van der Waals surface area contributed by atoms with E-state index in [1.165, 1.54) is 129 Å². The molecule has 6 rings (SSSR count). The number of halogens is 2. The minimum absolute atomic E-state index is 0.116. The third kappa shape index (κ3) is 8.65. The zero-order valence-corrected chi connectivity index (χ0v) is 42.7. The molecule has 0 radical (unpaired) electrons. The molecule has 0 heterocycles. The molecule has 0 fully saturated rings. The van der Waals surface area contributed by atoms with Gasteiger partial charge in [-0.2, -0.15) is 0 Å². The summed E-state index contributed by atoms with van der Waals surface area (Å²) in [4.78, 5) is 0. The molecule has 0 bridgehead atoms. The van der Waals surface area contributed by atoms with Crippen molar-refractivity contribution in [3.8, 4) is 22.3 Å². The number of rotatable bonds is 15. The van der Waals surface area contributed by atoms with Crippen molar-refractivity contribution in [3.63, 3.8) is 0 Å². The second-order valence-corrected chi connectivity index (χ2v) is 79.8. The van der Waals surface area contributed by atoms with E-state index in [0.29, 0.717) is 0 Å². The van der Waals surface area contributed by atoms with Gasteiger partial charge in [0.2, 0.25) is 0 Å². The summed E-state index contributed by atoms with van der Waals surface area (Å²) >= 11 is -4.97. The average molecular weight is 929 g/mol. The first-order valence-electron chi connectivity index (χ1n) is 21.9. The van der Waals surface area contributed by atoms with Crippen LogP contribution in [0.15, 0.2) is 96.1 Å². The normalized spacial score (nSPS) is 17.7. The molecule has 0 spiro atoms. The Balaban J connectivity index is 1.54. The van der Waals surface area contributed by atoms with Gasteiger partial charge in [-0.1, -0.05) is 0 Å². The fourth-order valence-electron chi connectivity index (χ4n) is 10.3. The fraction of sp³-hybridized carbons (Fsp3) is 0.462. The van der Waals surface area contributed by atoms with Crippen LogP contribution in [0.3, 0.4) is 0 Å². The van der Waals surface area contributed by atoms with E-state index < -0.39 is 24.4 Å². The van der Waals surface area contributed by atoms with Crippen molar-refractivity contribution < 1.29 is 13.9 Å². The molecule has 2 unspecified atom stereocenters. The monoisotopic (exact) mass is 927 g/mol. The molecule has 2 aliphatic rings. The molecule has 0 aliphatic heterocycles. The first kappa shape index (κ1) is 43.9. The van der Waals surface area contributed by atoms with Crippen molar-refractivity contribution in [1.29, 1.82) is 0 Å². The van der Waals surface area contributed by atoms with Crippen LogP contribution in [-0.4, -0.2) is 10.6 Å². The van der Waals surface area contributed by atoms with E-state index in [1.807, 2.05) is 0 Å². The maximum atomic E-state index is 9.16. The third-order valence-corrected chi connectivity index (χ3v) is 90.2. The molecule has 0 saturated heterocycles. The van der Waals surface area contributed by atoms with Gasteiger partial charge in [-0.25, -0.2) is 0 Å². The van der Waals surface area contributed by atoms with E-state index in [-0.39, 0.29) is 18.1 Å². The van der Waals surface area contributed by atoms with E-state index in [0.717, 1.165) is 0 Å². The number of allylic oxidation sites excluding steroid dienone is 2. The second kappa shape index (κ2) is 17.5. The molecule has 2 atom stereocenters. The third-order valence-electron chi connectivity index (χ3n) is 13.4. The van der Waals surface area contributed by atoms with Gasteiger partial charge in [-0.05, 0) is 0 Å². The summed E-state index contributed by atoms with van der Waals surface area (Å²) in [6.07, 6.45) is 15.2. The van der Waals surface area contributed by atoms with Crippen molar-refractivity contribution >= 4 is 39.7 Å². The molecule has 299 valence electrons. The molecule has 56 heavy (non-hydrogen) atoms. The number of hydrogen-bond donors (Lipinski definition) is 0. The summed E-state index contributed by atoms with van der Waals surface area (Å²) < 4.78 is 0.250. The number of benzene rings is 4. The Morgan fingerprint density at radius 3 is 1.23 bits per heavy atom. The van der Waals surface area contributed by atoms with Crippen LogP contribution in [0.5, 0.6) is 0 Å². The Labute approximate surface area is 351 Å². The van der Waals surface area contributed by atoms with Crippen LogP contribution in [0, 0.1) is 0 Å². The van der Waals surface area contributed by atoms with Gasteiger partial charge in [0.05, 0.1) is 0 Å². The van der Waals surface area contributed by atoms with Gasteiger partial charge in [0.25, 0.3) is 0 Å². The first-order chi connectivity index (χ1) is 26.5. The van der Waals surface area contributed by atoms with E-state index in [1.54, 1.807) is 0 Å². The van der Waals surface area contributed by atoms with Crippen LogP contribution in [0.25, 0.3) is 34.4 Å². The van der Waals surface area contributed by atoms with Gasteiger partial charge in [0.1, 0.15) is 0 Å². The van der Waals surface area contributed by atoms with Gasteiger partial charge in [0.15, 0.2) is 0 Å². The molecular formula is C52H69Cl2GeZr. The summed E-state index contributed by atoms with van der Waals surface area (Å²) in [6.45, 7) is 23.2. The maximum absolute atomic E-state index is 9.16. The van der Waals surface area contributed by atoms with Crippen LogP contribution >= 0.6 is 17.0 Å². The molecule has 2 aliphatic carbocycles. The Morgan fingerprint density at radius 2 is 0.893 bits per heavy atom. The molecule has 4 aromatic rings.